The summed E-state index contributed by atoms with van der Waals surface area (Å²) >= 11 is 0. The highest BCUT2D eigenvalue weighted by Gasteiger charge is 2.13. The Morgan fingerprint density at radius 3 is 2.13 bits per heavy atom. The van der Waals surface area contributed by atoms with Gasteiger partial charge in [0, 0.05) is 24.5 Å². The molecule has 154 valence electrons. The maximum Gasteiger partial charge on any atom is 0.163 e. The van der Waals surface area contributed by atoms with Crippen LogP contribution in [-0.2, 0) is 0 Å². The quantitative estimate of drug-likeness (QED) is 0.607. The van der Waals surface area contributed by atoms with Gasteiger partial charge in [0.15, 0.2) is 5.57 Å². The lowest BCUT2D eigenvalue weighted by molar-refractivity contribution is 0.759. The summed E-state index contributed by atoms with van der Waals surface area (Å²) in [6.45, 7) is 10.0. The van der Waals surface area contributed by atoms with Crippen LogP contribution in [0.5, 0.6) is 0 Å². The summed E-state index contributed by atoms with van der Waals surface area (Å²) in [6.07, 6.45) is 0. The second-order valence-corrected chi connectivity index (χ2v) is 7.00. The Balaban J connectivity index is 2.02. The number of hydrogen-bond acceptors (Lipinski definition) is 7. The van der Waals surface area contributed by atoms with E-state index in [1.807, 2.05) is 32.0 Å². The molecule has 3 rings (SSSR count). The molecule has 0 atom stereocenters. The van der Waals surface area contributed by atoms with Crippen molar-refractivity contribution >= 4 is 22.4 Å². The summed E-state index contributed by atoms with van der Waals surface area (Å²) in [5, 5.41) is 39.5. The monoisotopic (exact) mass is 410 g/mol. The number of hydrogen-bond donors (Lipinski definition) is 1. The summed E-state index contributed by atoms with van der Waals surface area (Å²) in [6, 6.07) is 15.2. The Morgan fingerprint density at radius 2 is 1.58 bits per heavy atom. The molecule has 8 nitrogen and oxygen atoms in total. The number of nitrogens with one attached hydrogen (secondary N) is 1. The van der Waals surface area contributed by atoms with Gasteiger partial charge in [-0.25, -0.2) is 0 Å². The molecule has 1 N–H and O–H groups in total. The van der Waals surface area contributed by atoms with Crippen LogP contribution in [0, 0.1) is 47.8 Å². The van der Waals surface area contributed by atoms with Crippen molar-refractivity contribution < 1.29 is 0 Å². The SMILES string of the molecule is CCN(CC)c1ccc(-n2nc3cc(C)c(NC(C#N)=C(C#N)C#N)cc3n2)c(C)c1. The molecular weight excluding hydrogens is 388 g/mol. The van der Waals surface area contributed by atoms with Gasteiger partial charge in [0.2, 0.25) is 0 Å². The van der Waals surface area contributed by atoms with Crippen molar-refractivity contribution in [1.29, 1.82) is 15.8 Å². The molecule has 31 heavy (non-hydrogen) atoms. The van der Waals surface area contributed by atoms with E-state index >= 15 is 0 Å². The standard InChI is InChI=1S/C23H22N8/c1-5-30(6-2)18-7-8-23(16(4)9-18)31-28-20-10-15(3)19(11-21(20)29-31)27-22(14-26)17(12-24)13-25/h7-11,27H,5-6H2,1-4H3. The number of nitrogens with zero attached hydrogens (tertiary/aromatic N) is 7. The first-order valence-corrected chi connectivity index (χ1v) is 9.90. The van der Waals surface area contributed by atoms with Crippen molar-refractivity contribution in [3.63, 3.8) is 0 Å². The third-order valence-corrected chi connectivity index (χ3v) is 5.10. The molecule has 0 aliphatic heterocycles. The molecule has 0 spiro atoms. The highest BCUT2D eigenvalue weighted by atomic mass is 15.5. The summed E-state index contributed by atoms with van der Waals surface area (Å²) in [5.41, 5.74) is 5.48. The molecule has 0 saturated heterocycles. The van der Waals surface area contributed by atoms with Crippen LogP contribution in [-0.4, -0.2) is 28.1 Å². The molecular formula is C23H22N8. The van der Waals surface area contributed by atoms with Crippen LogP contribution in [0.3, 0.4) is 0 Å². The fourth-order valence-corrected chi connectivity index (χ4v) is 3.38. The van der Waals surface area contributed by atoms with E-state index in [-0.39, 0.29) is 11.3 Å². The summed E-state index contributed by atoms with van der Waals surface area (Å²) in [7, 11) is 0. The zero-order chi connectivity index (χ0) is 22.5. The van der Waals surface area contributed by atoms with E-state index in [4.69, 9.17) is 10.5 Å². The van der Waals surface area contributed by atoms with E-state index < -0.39 is 0 Å². The normalized spacial score (nSPS) is 10.1. The zero-order valence-electron chi connectivity index (χ0n) is 17.9. The van der Waals surface area contributed by atoms with E-state index in [0.717, 1.165) is 35.6 Å². The molecule has 1 heterocycles. The maximum absolute atomic E-state index is 9.30. The molecule has 0 amide bonds. The number of aryl methyl sites for hydroxylation is 2. The molecule has 0 aliphatic rings. The summed E-state index contributed by atoms with van der Waals surface area (Å²) in [4.78, 5) is 3.88. The Hall–Kier alpha value is -4.35. The predicted molar refractivity (Wildman–Crippen MR) is 119 cm³/mol. The molecule has 1 aromatic heterocycles. The van der Waals surface area contributed by atoms with Crippen LogP contribution in [0.2, 0.25) is 0 Å². The lowest BCUT2D eigenvalue weighted by atomic mass is 10.1. The lowest BCUT2D eigenvalue weighted by Gasteiger charge is -2.22. The third-order valence-electron chi connectivity index (χ3n) is 5.10. The minimum atomic E-state index is -0.269. The summed E-state index contributed by atoms with van der Waals surface area (Å²) in [5.74, 6) is 0. The maximum atomic E-state index is 9.30. The van der Waals surface area contributed by atoms with Crippen LogP contribution in [0.1, 0.15) is 25.0 Å². The lowest BCUT2D eigenvalue weighted by Crippen LogP contribution is -2.21. The molecule has 0 saturated carbocycles. The molecule has 0 unspecified atom stereocenters. The van der Waals surface area contributed by atoms with Crippen LogP contribution < -0.4 is 10.2 Å². The molecule has 2 aromatic carbocycles. The predicted octanol–water partition coefficient (Wildman–Crippen LogP) is 4.12. The molecule has 0 fully saturated rings. The van der Waals surface area contributed by atoms with Gasteiger partial charge in [0.25, 0.3) is 0 Å². The minimum absolute atomic E-state index is 0.0947. The molecule has 0 bridgehead atoms. The van der Waals surface area contributed by atoms with Crippen molar-refractivity contribution in [2.75, 3.05) is 23.3 Å². The number of benzene rings is 2. The van der Waals surface area contributed by atoms with Gasteiger partial charge in [0.05, 0.1) is 5.69 Å². The highest BCUT2D eigenvalue weighted by Crippen LogP contribution is 2.26. The van der Waals surface area contributed by atoms with E-state index in [1.54, 1.807) is 23.0 Å². The van der Waals surface area contributed by atoms with Crippen LogP contribution in [0.4, 0.5) is 11.4 Å². The first kappa shape index (κ1) is 21.4. The molecule has 3 aromatic rings. The third kappa shape index (κ3) is 4.17. The number of rotatable bonds is 6. The Labute approximate surface area is 181 Å². The highest BCUT2D eigenvalue weighted by molar-refractivity contribution is 5.81. The Morgan fingerprint density at radius 1 is 0.935 bits per heavy atom. The average molecular weight is 410 g/mol. The molecule has 0 radical (unpaired) electrons. The number of allylic oxidation sites excluding steroid dienone is 2. The zero-order valence-corrected chi connectivity index (χ0v) is 17.9. The van der Waals surface area contributed by atoms with Gasteiger partial charge in [-0.05, 0) is 69.2 Å². The van der Waals surface area contributed by atoms with Gasteiger partial charge in [-0.2, -0.15) is 20.6 Å². The van der Waals surface area contributed by atoms with Crippen molar-refractivity contribution in [2.24, 2.45) is 0 Å². The minimum Gasteiger partial charge on any atom is -0.372 e. The van der Waals surface area contributed by atoms with E-state index in [0.29, 0.717) is 16.7 Å². The van der Waals surface area contributed by atoms with Crippen molar-refractivity contribution in [2.45, 2.75) is 27.7 Å². The fourth-order valence-electron chi connectivity index (χ4n) is 3.38. The molecule has 8 heteroatoms. The number of fused-ring (bicyclic) bond motifs is 1. The van der Waals surface area contributed by atoms with Gasteiger partial charge >= 0.3 is 0 Å². The molecule has 0 aliphatic carbocycles. The topological polar surface area (TPSA) is 117 Å². The second-order valence-electron chi connectivity index (χ2n) is 7.00. The van der Waals surface area contributed by atoms with Crippen molar-refractivity contribution in [1.82, 2.24) is 15.0 Å². The van der Waals surface area contributed by atoms with Gasteiger partial charge in [-0.3, -0.25) is 0 Å². The van der Waals surface area contributed by atoms with Gasteiger partial charge in [-0.15, -0.1) is 10.2 Å². The first-order valence-electron chi connectivity index (χ1n) is 9.90. The van der Waals surface area contributed by atoms with Crippen molar-refractivity contribution in [3.05, 3.63) is 52.7 Å². The van der Waals surface area contributed by atoms with Crippen molar-refractivity contribution in [3.8, 4) is 23.9 Å². The van der Waals surface area contributed by atoms with Gasteiger partial charge in [-0.1, -0.05) is 0 Å². The van der Waals surface area contributed by atoms with Crippen LogP contribution in [0.25, 0.3) is 16.7 Å². The fraction of sp³-hybridized carbons (Fsp3) is 0.261. The smallest absolute Gasteiger partial charge is 0.163 e. The Bertz CT molecular complexity index is 1270. The van der Waals surface area contributed by atoms with E-state index in [9.17, 15) is 5.26 Å². The number of anilines is 2. The van der Waals surface area contributed by atoms with Crippen LogP contribution in [0.15, 0.2) is 41.6 Å². The van der Waals surface area contributed by atoms with Crippen LogP contribution >= 0.6 is 0 Å². The van der Waals surface area contributed by atoms with Gasteiger partial charge in [0.1, 0.15) is 34.9 Å². The number of nitriles is 3. The first-order chi connectivity index (χ1) is 14.9. The number of aromatic nitrogens is 3. The summed E-state index contributed by atoms with van der Waals surface area (Å²) < 4.78 is 0. The largest absolute Gasteiger partial charge is 0.372 e. The van der Waals surface area contributed by atoms with E-state index in [2.05, 4.69) is 46.4 Å². The van der Waals surface area contributed by atoms with E-state index in [1.165, 1.54) is 0 Å². The Kier molecular flexibility index (Phi) is 6.19. The average Bonchev–Trinajstić information content (AvgIpc) is 3.17. The van der Waals surface area contributed by atoms with Gasteiger partial charge < -0.3 is 10.2 Å². The second kappa shape index (κ2) is 8.98.